The molecule has 0 aliphatic heterocycles. The van der Waals surface area contributed by atoms with Gasteiger partial charge in [0.2, 0.25) is 5.95 Å². The van der Waals surface area contributed by atoms with Gasteiger partial charge < -0.3 is 15.4 Å². The Morgan fingerprint density at radius 3 is 2.58 bits per heavy atom. The third kappa shape index (κ3) is 4.20. The number of rotatable bonds is 6. The van der Waals surface area contributed by atoms with Gasteiger partial charge in [-0.1, -0.05) is 12.1 Å². The largest absolute Gasteiger partial charge is 0.494 e. The molecule has 24 heavy (non-hydrogen) atoms. The Bertz CT molecular complexity index is 810. The van der Waals surface area contributed by atoms with Gasteiger partial charge in [0.15, 0.2) is 5.82 Å². The minimum Gasteiger partial charge on any atom is -0.494 e. The fraction of sp³-hybridized carbons (Fsp3) is 0.118. The Hall–Kier alpha value is -2.67. The predicted octanol–water partition coefficient (Wildman–Crippen LogP) is 4.52. The van der Waals surface area contributed by atoms with Crippen LogP contribution < -0.4 is 15.4 Å². The highest BCUT2D eigenvalue weighted by Gasteiger charge is 2.04. The first kappa shape index (κ1) is 16.2. The molecule has 0 bridgehead atoms. The van der Waals surface area contributed by atoms with Gasteiger partial charge in [0.05, 0.1) is 18.5 Å². The van der Waals surface area contributed by atoms with Gasteiger partial charge in [0.25, 0.3) is 0 Å². The van der Waals surface area contributed by atoms with Crippen LogP contribution in [0.1, 0.15) is 6.92 Å². The summed E-state index contributed by atoms with van der Waals surface area (Å²) >= 11 is 3.48. The van der Waals surface area contributed by atoms with Gasteiger partial charge >= 0.3 is 0 Å². The van der Waals surface area contributed by atoms with E-state index in [0.29, 0.717) is 18.4 Å². The van der Waals surface area contributed by atoms with Gasteiger partial charge in [-0.2, -0.15) is 10.1 Å². The molecule has 0 atom stereocenters. The Morgan fingerprint density at radius 1 is 1.04 bits per heavy atom. The summed E-state index contributed by atoms with van der Waals surface area (Å²) in [6.45, 7) is 2.60. The summed E-state index contributed by atoms with van der Waals surface area (Å²) in [6, 6.07) is 15.4. The first-order valence-corrected chi connectivity index (χ1v) is 8.25. The molecule has 0 radical (unpaired) electrons. The summed E-state index contributed by atoms with van der Waals surface area (Å²) in [7, 11) is 0. The van der Waals surface area contributed by atoms with E-state index in [-0.39, 0.29) is 0 Å². The van der Waals surface area contributed by atoms with Crippen LogP contribution in [-0.4, -0.2) is 21.8 Å². The summed E-state index contributed by atoms with van der Waals surface area (Å²) in [5.41, 5.74) is 1.77. The predicted molar refractivity (Wildman–Crippen MR) is 98.1 cm³/mol. The fourth-order valence-corrected chi connectivity index (χ4v) is 2.43. The minimum absolute atomic E-state index is 0.415. The summed E-state index contributed by atoms with van der Waals surface area (Å²) in [6.07, 6.45) is 1.57. The molecule has 0 aliphatic carbocycles. The molecule has 0 amide bonds. The summed E-state index contributed by atoms with van der Waals surface area (Å²) < 4.78 is 6.36. The van der Waals surface area contributed by atoms with E-state index in [1.807, 2.05) is 55.5 Å². The van der Waals surface area contributed by atoms with Crippen LogP contribution in [0.2, 0.25) is 0 Å². The van der Waals surface area contributed by atoms with Gasteiger partial charge in [-0.3, -0.25) is 0 Å². The number of hydrogen-bond donors (Lipinski definition) is 2. The van der Waals surface area contributed by atoms with Crippen molar-refractivity contribution in [2.45, 2.75) is 6.92 Å². The fourth-order valence-electron chi connectivity index (χ4n) is 2.05. The maximum atomic E-state index is 5.43. The van der Waals surface area contributed by atoms with Crippen molar-refractivity contribution in [3.63, 3.8) is 0 Å². The highest BCUT2D eigenvalue weighted by atomic mass is 79.9. The number of aromatic nitrogens is 3. The lowest BCUT2D eigenvalue weighted by Crippen LogP contribution is -2.02. The lowest BCUT2D eigenvalue weighted by molar-refractivity contribution is 0.340. The van der Waals surface area contributed by atoms with Gasteiger partial charge in [-0.15, -0.1) is 5.10 Å². The number of hydrogen-bond acceptors (Lipinski definition) is 6. The van der Waals surface area contributed by atoms with Gasteiger partial charge in [0.1, 0.15) is 5.75 Å². The smallest absolute Gasteiger partial charge is 0.249 e. The quantitative estimate of drug-likeness (QED) is 0.649. The van der Waals surface area contributed by atoms with Crippen molar-refractivity contribution in [2.24, 2.45) is 0 Å². The molecular formula is C17H16BrN5O. The molecule has 122 valence electrons. The number of anilines is 4. The van der Waals surface area contributed by atoms with Crippen LogP contribution in [0.25, 0.3) is 0 Å². The maximum absolute atomic E-state index is 5.43. The molecule has 0 spiro atoms. The number of halogens is 1. The van der Waals surface area contributed by atoms with E-state index < -0.39 is 0 Å². The number of nitrogens with zero attached hydrogens (tertiary/aromatic N) is 3. The second-order valence-electron chi connectivity index (χ2n) is 4.85. The van der Waals surface area contributed by atoms with Crippen LogP contribution in [0.4, 0.5) is 23.1 Å². The molecule has 7 heteroatoms. The zero-order chi connectivity index (χ0) is 16.8. The van der Waals surface area contributed by atoms with Crippen molar-refractivity contribution >= 4 is 39.1 Å². The van der Waals surface area contributed by atoms with Crippen LogP contribution >= 0.6 is 15.9 Å². The van der Waals surface area contributed by atoms with Crippen molar-refractivity contribution in [3.8, 4) is 5.75 Å². The standard InChI is InChI=1S/C17H16BrN5O/c1-2-24-13-9-7-12(8-10-13)20-16-11-19-23-17(22-16)21-15-6-4-3-5-14(15)18/h3-11H,2H2,1H3,(H2,20,21,22,23). The molecule has 6 nitrogen and oxygen atoms in total. The number of para-hydroxylation sites is 1. The second-order valence-corrected chi connectivity index (χ2v) is 5.71. The molecule has 0 saturated heterocycles. The molecule has 2 aromatic carbocycles. The van der Waals surface area contributed by atoms with E-state index in [1.165, 1.54) is 0 Å². The van der Waals surface area contributed by atoms with Gasteiger partial charge in [-0.05, 0) is 59.3 Å². The van der Waals surface area contributed by atoms with E-state index in [1.54, 1.807) is 6.20 Å². The lowest BCUT2D eigenvalue weighted by Gasteiger charge is -2.09. The Morgan fingerprint density at radius 2 is 1.83 bits per heavy atom. The normalized spacial score (nSPS) is 10.2. The van der Waals surface area contributed by atoms with Gasteiger partial charge in [0, 0.05) is 10.2 Å². The van der Waals surface area contributed by atoms with Crippen LogP contribution in [0.5, 0.6) is 5.75 Å². The SMILES string of the molecule is CCOc1ccc(Nc2cnnc(Nc3ccccc3Br)n2)cc1. The number of ether oxygens (including phenoxy) is 1. The molecule has 1 aromatic heterocycles. The zero-order valence-electron chi connectivity index (χ0n) is 13.0. The van der Waals surface area contributed by atoms with Crippen molar-refractivity contribution in [1.82, 2.24) is 15.2 Å². The topological polar surface area (TPSA) is 72.0 Å². The highest BCUT2D eigenvalue weighted by Crippen LogP contribution is 2.24. The molecule has 0 aliphatic rings. The second kappa shape index (κ2) is 7.74. The van der Waals surface area contributed by atoms with E-state index >= 15 is 0 Å². The summed E-state index contributed by atoms with van der Waals surface area (Å²) in [5, 5.41) is 14.3. The minimum atomic E-state index is 0.415. The van der Waals surface area contributed by atoms with Crippen LogP contribution in [0, 0.1) is 0 Å². The van der Waals surface area contributed by atoms with Gasteiger partial charge in [-0.25, -0.2) is 0 Å². The van der Waals surface area contributed by atoms with Crippen molar-refractivity contribution in [3.05, 3.63) is 59.2 Å². The Balaban J connectivity index is 1.72. The Labute approximate surface area is 148 Å². The van der Waals surface area contributed by atoms with E-state index in [0.717, 1.165) is 21.6 Å². The van der Waals surface area contributed by atoms with Crippen LogP contribution in [0.3, 0.4) is 0 Å². The molecule has 0 unspecified atom stereocenters. The van der Waals surface area contributed by atoms with Crippen LogP contribution in [0.15, 0.2) is 59.2 Å². The Kier molecular flexibility index (Phi) is 5.22. The molecule has 2 N–H and O–H groups in total. The van der Waals surface area contributed by atoms with Crippen molar-refractivity contribution in [1.29, 1.82) is 0 Å². The first-order valence-electron chi connectivity index (χ1n) is 7.46. The molecule has 0 fully saturated rings. The van der Waals surface area contributed by atoms with E-state index in [9.17, 15) is 0 Å². The van der Waals surface area contributed by atoms with E-state index in [2.05, 4.69) is 41.7 Å². The molecule has 3 rings (SSSR count). The highest BCUT2D eigenvalue weighted by molar-refractivity contribution is 9.10. The van der Waals surface area contributed by atoms with E-state index in [4.69, 9.17) is 4.74 Å². The third-order valence-electron chi connectivity index (χ3n) is 3.12. The summed E-state index contributed by atoms with van der Waals surface area (Å²) in [5.74, 6) is 1.85. The monoisotopic (exact) mass is 385 g/mol. The zero-order valence-corrected chi connectivity index (χ0v) is 14.6. The molecule has 1 heterocycles. The molecule has 3 aromatic rings. The lowest BCUT2D eigenvalue weighted by atomic mass is 10.3. The first-order chi connectivity index (χ1) is 11.7. The maximum Gasteiger partial charge on any atom is 0.249 e. The average Bonchev–Trinajstić information content (AvgIpc) is 2.59. The number of nitrogens with one attached hydrogen (secondary N) is 2. The van der Waals surface area contributed by atoms with Crippen LogP contribution in [-0.2, 0) is 0 Å². The van der Waals surface area contributed by atoms with Crippen molar-refractivity contribution in [2.75, 3.05) is 17.2 Å². The van der Waals surface area contributed by atoms with Crippen molar-refractivity contribution < 1.29 is 4.74 Å². The number of benzene rings is 2. The third-order valence-corrected chi connectivity index (χ3v) is 3.81. The molecular weight excluding hydrogens is 370 g/mol. The average molecular weight is 386 g/mol. The summed E-state index contributed by atoms with van der Waals surface area (Å²) in [4.78, 5) is 4.42. The molecule has 0 saturated carbocycles.